The molecule has 0 radical (unpaired) electrons. The third-order valence-electron chi connectivity index (χ3n) is 4.11. The first-order valence-electron chi connectivity index (χ1n) is 8.95. The SMILES string of the molecule is COC(=O)c1cccc(C(=O)NNC(=O)CCC(=O)Nc2cc(C)ccc2C)c1. The summed E-state index contributed by atoms with van der Waals surface area (Å²) in [4.78, 5) is 47.6. The number of methoxy groups -OCH3 is 1. The number of carbonyl (C=O) groups is 4. The molecule has 0 aromatic heterocycles. The molecule has 3 N–H and O–H groups in total. The van der Waals surface area contributed by atoms with Crippen molar-refractivity contribution in [1.29, 1.82) is 0 Å². The average molecular weight is 397 g/mol. The van der Waals surface area contributed by atoms with Crippen LogP contribution in [0.4, 0.5) is 5.69 Å². The summed E-state index contributed by atoms with van der Waals surface area (Å²) in [5, 5.41) is 2.77. The molecule has 0 aliphatic carbocycles. The lowest BCUT2D eigenvalue weighted by molar-refractivity contribution is -0.124. The molecular weight excluding hydrogens is 374 g/mol. The van der Waals surface area contributed by atoms with Crippen LogP contribution in [0.2, 0.25) is 0 Å². The van der Waals surface area contributed by atoms with E-state index in [2.05, 4.69) is 20.9 Å². The highest BCUT2D eigenvalue weighted by atomic mass is 16.5. The van der Waals surface area contributed by atoms with Crippen LogP contribution in [0.5, 0.6) is 0 Å². The Bertz CT molecular complexity index is 940. The number of ether oxygens (including phenoxy) is 1. The molecule has 2 rings (SSSR count). The molecule has 3 amide bonds. The molecule has 0 unspecified atom stereocenters. The van der Waals surface area contributed by atoms with Gasteiger partial charge in [0.2, 0.25) is 11.8 Å². The van der Waals surface area contributed by atoms with Crippen LogP contribution in [0.25, 0.3) is 0 Å². The number of hydrogen-bond acceptors (Lipinski definition) is 5. The molecule has 0 heterocycles. The van der Waals surface area contributed by atoms with Gasteiger partial charge in [0, 0.05) is 24.1 Å². The minimum atomic E-state index is -0.594. The van der Waals surface area contributed by atoms with Crippen LogP contribution in [-0.4, -0.2) is 30.8 Å². The summed E-state index contributed by atoms with van der Waals surface area (Å²) in [5.74, 6) is -1.98. The predicted molar refractivity (Wildman–Crippen MR) is 107 cm³/mol. The van der Waals surface area contributed by atoms with Crippen molar-refractivity contribution in [3.63, 3.8) is 0 Å². The lowest BCUT2D eigenvalue weighted by Gasteiger charge is -2.10. The Kier molecular flexibility index (Phi) is 7.47. The van der Waals surface area contributed by atoms with E-state index in [0.717, 1.165) is 11.1 Å². The van der Waals surface area contributed by atoms with Gasteiger partial charge in [0.1, 0.15) is 0 Å². The molecule has 0 atom stereocenters. The van der Waals surface area contributed by atoms with Gasteiger partial charge in [0.05, 0.1) is 12.7 Å². The maximum Gasteiger partial charge on any atom is 0.337 e. The van der Waals surface area contributed by atoms with Crippen molar-refractivity contribution < 1.29 is 23.9 Å². The van der Waals surface area contributed by atoms with Crippen LogP contribution in [0.3, 0.4) is 0 Å². The first-order valence-corrected chi connectivity index (χ1v) is 8.95. The molecule has 8 nitrogen and oxygen atoms in total. The molecule has 0 fully saturated rings. The van der Waals surface area contributed by atoms with Crippen molar-refractivity contribution >= 4 is 29.4 Å². The largest absolute Gasteiger partial charge is 0.465 e. The Morgan fingerprint density at radius 1 is 0.862 bits per heavy atom. The highest BCUT2D eigenvalue weighted by Crippen LogP contribution is 2.16. The van der Waals surface area contributed by atoms with E-state index in [4.69, 9.17) is 0 Å². The lowest BCUT2D eigenvalue weighted by Crippen LogP contribution is -2.41. The van der Waals surface area contributed by atoms with E-state index < -0.39 is 17.8 Å². The number of hydrogen-bond donors (Lipinski definition) is 3. The molecule has 0 aliphatic heterocycles. The number of carbonyl (C=O) groups excluding carboxylic acids is 4. The van der Waals surface area contributed by atoms with Crippen molar-refractivity contribution in [1.82, 2.24) is 10.9 Å². The van der Waals surface area contributed by atoms with Crippen molar-refractivity contribution in [3.05, 3.63) is 64.7 Å². The molecule has 0 saturated heterocycles. The standard InChI is InChI=1S/C21H23N3O5/c1-13-7-8-14(2)17(11-13)22-18(25)9-10-19(26)23-24-20(27)15-5-4-6-16(12-15)21(28)29-3/h4-8,11-12H,9-10H2,1-3H3,(H,22,25)(H,23,26)(H,24,27). The van der Waals surface area contributed by atoms with Gasteiger partial charge in [-0.3, -0.25) is 25.2 Å². The van der Waals surface area contributed by atoms with E-state index in [1.54, 1.807) is 0 Å². The van der Waals surface area contributed by atoms with E-state index in [1.165, 1.54) is 31.4 Å². The van der Waals surface area contributed by atoms with E-state index in [0.29, 0.717) is 5.69 Å². The minimum absolute atomic E-state index is 0.0348. The molecule has 29 heavy (non-hydrogen) atoms. The van der Waals surface area contributed by atoms with E-state index in [9.17, 15) is 19.2 Å². The Labute approximate surface area is 168 Å². The molecule has 152 valence electrons. The maximum absolute atomic E-state index is 12.1. The molecule has 8 heteroatoms. The zero-order valence-electron chi connectivity index (χ0n) is 16.5. The molecule has 0 spiro atoms. The van der Waals surface area contributed by atoms with E-state index in [1.807, 2.05) is 32.0 Å². The highest BCUT2D eigenvalue weighted by molar-refractivity contribution is 5.99. The number of hydrazine groups is 1. The summed E-state index contributed by atoms with van der Waals surface area (Å²) in [5.41, 5.74) is 7.54. The predicted octanol–water partition coefficient (Wildman–Crippen LogP) is 2.27. The maximum atomic E-state index is 12.1. The number of nitrogens with one attached hydrogen (secondary N) is 3. The summed E-state index contributed by atoms with van der Waals surface area (Å²) in [6.45, 7) is 3.80. The number of esters is 1. The Morgan fingerprint density at radius 3 is 2.28 bits per heavy atom. The van der Waals surface area contributed by atoms with Crippen LogP contribution in [0, 0.1) is 13.8 Å². The Morgan fingerprint density at radius 2 is 1.55 bits per heavy atom. The molecular formula is C21H23N3O5. The van der Waals surface area contributed by atoms with Crippen LogP contribution in [0.1, 0.15) is 44.7 Å². The first kappa shape index (κ1) is 21.6. The van der Waals surface area contributed by atoms with Crippen molar-refractivity contribution in [2.45, 2.75) is 26.7 Å². The van der Waals surface area contributed by atoms with Gasteiger partial charge in [-0.1, -0.05) is 18.2 Å². The summed E-state index contributed by atoms with van der Waals surface area (Å²) >= 11 is 0. The molecule has 0 bridgehead atoms. The summed E-state index contributed by atoms with van der Waals surface area (Å²) in [7, 11) is 1.24. The Hall–Kier alpha value is -3.68. The number of rotatable bonds is 6. The molecule has 0 aliphatic rings. The second kappa shape index (κ2) is 10.0. The minimum Gasteiger partial charge on any atom is -0.465 e. The van der Waals surface area contributed by atoms with Gasteiger partial charge in [0.25, 0.3) is 5.91 Å². The second-order valence-corrected chi connectivity index (χ2v) is 6.44. The molecule has 2 aromatic carbocycles. The quantitative estimate of drug-likeness (QED) is 0.511. The fourth-order valence-corrected chi connectivity index (χ4v) is 2.48. The van der Waals surface area contributed by atoms with Gasteiger partial charge in [-0.2, -0.15) is 0 Å². The van der Waals surface area contributed by atoms with Gasteiger partial charge < -0.3 is 10.1 Å². The fourth-order valence-electron chi connectivity index (χ4n) is 2.48. The van der Waals surface area contributed by atoms with E-state index in [-0.39, 0.29) is 29.9 Å². The normalized spacial score (nSPS) is 10.0. The average Bonchev–Trinajstić information content (AvgIpc) is 2.72. The van der Waals surface area contributed by atoms with Gasteiger partial charge in [-0.15, -0.1) is 0 Å². The third kappa shape index (κ3) is 6.46. The Balaban J connectivity index is 1.81. The van der Waals surface area contributed by atoms with Crippen molar-refractivity contribution in [2.24, 2.45) is 0 Å². The zero-order valence-corrected chi connectivity index (χ0v) is 16.5. The molecule has 2 aromatic rings. The van der Waals surface area contributed by atoms with Crippen LogP contribution >= 0.6 is 0 Å². The lowest BCUT2D eigenvalue weighted by atomic mass is 10.1. The van der Waals surface area contributed by atoms with Gasteiger partial charge in [-0.05, 0) is 49.2 Å². The number of anilines is 1. The highest BCUT2D eigenvalue weighted by Gasteiger charge is 2.13. The second-order valence-electron chi connectivity index (χ2n) is 6.44. The van der Waals surface area contributed by atoms with Crippen molar-refractivity contribution in [2.75, 3.05) is 12.4 Å². The van der Waals surface area contributed by atoms with Gasteiger partial charge in [0.15, 0.2) is 0 Å². The third-order valence-corrected chi connectivity index (χ3v) is 4.11. The number of benzene rings is 2. The topological polar surface area (TPSA) is 114 Å². The zero-order chi connectivity index (χ0) is 21.4. The number of aryl methyl sites for hydroxylation is 2. The van der Waals surface area contributed by atoms with Gasteiger partial charge >= 0.3 is 5.97 Å². The first-order chi connectivity index (χ1) is 13.8. The monoisotopic (exact) mass is 397 g/mol. The van der Waals surface area contributed by atoms with Crippen LogP contribution in [-0.2, 0) is 14.3 Å². The van der Waals surface area contributed by atoms with Gasteiger partial charge in [-0.25, -0.2) is 4.79 Å². The van der Waals surface area contributed by atoms with Crippen LogP contribution in [0.15, 0.2) is 42.5 Å². The smallest absolute Gasteiger partial charge is 0.337 e. The van der Waals surface area contributed by atoms with Crippen LogP contribution < -0.4 is 16.2 Å². The fraction of sp³-hybridized carbons (Fsp3) is 0.238. The van der Waals surface area contributed by atoms with Crippen molar-refractivity contribution in [3.8, 4) is 0 Å². The molecule has 0 saturated carbocycles. The van der Waals surface area contributed by atoms with E-state index >= 15 is 0 Å². The summed E-state index contributed by atoms with van der Waals surface area (Å²) in [6, 6.07) is 11.6. The summed E-state index contributed by atoms with van der Waals surface area (Å²) in [6.07, 6.45) is -0.133. The summed E-state index contributed by atoms with van der Waals surface area (Å²) < 4.78 is 4.60. The number of amides is 3.